The molecule has 262 valence electrons. The first-order chi connectivity index (χ1) is 25.3. The summed E-state index contributed by atoms with van der Waals surface area (Å²) < 4.78 is 13.6. The number of hydrogen-bond acceptors (Lipinski definition) is 9. The van der Waals surface area contributed by atoms with Gasteiger partial charge in [-0.25, -0.2) is 11.4 Å². The summed E-state index contributed by atoms with van der Waals surface area (Å²) in [7, 11) is 0. The van der Waals surface area contributed by atoms with E-state index < -0.39 is 11.4 Å². The third kappa shape index (κ3) is 4.64. The fraction of sp³-hybridized carbons (Fsp3) is 0.214. The number of hydrogen-bond donors (Lipinski definition) is 3. The van der Waals surface area contributed by atoms with Crippen LogP contribution in [-0.4, -0.2) is 42.2 Å². The minimum Gasteiger partial charge on any atom is -0.492 e. The number of hydrazine groups is 1. The molecule has 3 aliphatic heterocycles. The van der Waals surface area contributed by atoms with Crippen LogP contribution in [0.2, 0.25) is 0 Å². The standard InChI is InChI=1S/C42H40N6O4/c1-5-46(6-2)25-17-19-30-35(21-25)51-36-24-38-34(23-31(36)39(30)27-13-9-10-14-28(27)40(49)45-43)42(32-16-12-11-15-29(32)41(50)48(42)44)33-20-18-26(22-37(33)52-38)47(7-3)8-4/h9-24,43,49H,5-8,44H2,1-4H3/b39-27+,40-28+,45-43?. The summed E-state index contributed by atoms with van der Waals surface area (Å²) in [5.41, 5.74) is 13.4. The van der Waals surface area contributed by atoms with Crippen molar-refractivity contribution in [2.45, 2.75) is 33.2 Å². The Labute approximate surface area is 302 Å². The molecule has 5 aromatic carbocycles. The lowest BCUT2D eigenvalue weighted by molar-refractivity contribution is 0.0665. The molecule has 1 atom stereocenters. The van der Waals surface area contributed by atoms with Crippen LogP contribution in [0.4, 0.5) is 11.4 Å². The van der Waals surface area contributed by atoms with Gasteiger partial charge >= 0.3 is 0 Å². The smallest absolute Gasteiger partial charge is 0.269 e. The number of anilines is 2. The van der Waals surface area contributed by atoms with Gasteiger partial charge in [0, 0.05) is 99.9 Å². The van der Waals surface area contributed by atoms with E-state index in [1.165, 1.54) is 5.01 Å². The Morgan fingerprint density at radius 1 is 0.712 bits per heavy atom. The van der Waals surface area contributed by atoms with Crippen molar-refractivity contribution in [1.82, 2.24) is 5.01 Å². The molecule has 0 bridgehead atoms. The summed E-state index contributed by atoms with van der Waals surface area (Å²) in [4.78, 5) is 18.5. The van der Waals surface area contributed by atoms with Gasteiger partial charge in [-0.3, -0.25) is 9.80 Å². The Balaban J connectivity index is 1.48. The quantitative estimate of drug-likeness (QED) is 0.0924. The van der Waals surface area contributed by atoms with Crippen LogP contribution in [0.5, 0.6) is 23.0 Å². The van der Waals surface area contributed by atoms with Gasteiger partial charge in [0.2, 0.25) is 5.88 Å². The fourth-order valence-corrected chi connectivity index (χ4v) is 8.20. The van der Waals surface area contributed by atoms with Crippen LogP contribution in [0.15, 0.2) is 102 Å². The molecule has 0 saturated carbocycles. The summed E-state index contributed by atoms with van der Waals surface area (Å²) >= 11 is 0. The maximum atomic E-state index is 14.0. The number of aliphatic hydroxyl groups excluding tert-OH is 1. The van der Waals surface area contributed by atoms with Crippen LogP contribution < -0.4 is 35.6 Å². The van der Waals surface area contributed by atoms with Crippen LogP contribution in [0.3, 0.4) is 0 Å². The average Bonchev–Trinajstić information content (AvgIpc) is 3.39. The van der Waals surface area contributed by atoms with Crippen molar-refractivity contribution in [2.75, 3.05) is 36.0 Å². The molecule has 10 nitrogen and oxygen atoms in total. The second-order valence-electron chi connectivity index (χ2n) is 13.0. The molecule has 0 aromatic heterocycles. The van der Waals surface area contributed by atoms with Crippen molar-refractivity contribution < 1.29 is 19.4 Å². The Kier molecular flexibility index (Phi) is 7.99. The van der Waals surface area contributed by atoms with E-state index in [0.717, 1.165) is 59.8 Å². The van der Waals surface area contributed by atoms with Crippen LogP contribution >= 0.6 is 0 Å². The number of amides is 1. The Morgan fingerprint density at radius 3 is 2.02 bits per heavy atom. The lowest BCUT2D eigenvalue weighted by atomic mass is 9.74. The number of nitrogens with zero attached hydrogens (tertiary/aromatic N) is 4. The molecule has 3 aliphatic rings. The van der Waals surface area contributed by atoms with Gasteiger partial charge in [-0.1, -0.05) is 42.5 Å². The van der Waals surface area contributed by atoms with Gasteiger partial charge in [-0.2, -0.15) is 0 Å². The number of carbonyl (C=O) groups is 1. The summed E-state index contributed by atoms with van der Waals surface area (Å²) in [5, 5.41) is 16.7. The van der Waals surface area contributed by atoms with E-state index in [0.29, 0.717) is 50.1 Å². The average molecular weight is 693 g/mol. The third-order valence-electron chi connectivity index (χ3n) is 10.7. The van der Waals surface area contributed by atoms with Crippen molar-refractivity contribution in [3.63, 3.8) is 0 Å². The first-order valence-corrected chi connectivity index (χ1v) is 17.7. The minimum absolute atomic E-state index is 0.295. The predicted molar refractivity (Wildman–Crippen MR) is 202 cm³/mol. The first-order valence-electron chi connectivity index (χ1n) is 17.7. The molecule has 0 saturated heterocycles. The summed E-state index contributed by atoms with van der Waals surface area (Å²) in [6.07, 6.45) is 0. The van der Waals surface area contributed by atoms with E-state index >= 15 is 0 Å². The third-order valence-corrected chi connectivity index (χ3v) is 10.7. The van der Waals surface area contributed by atoms with Gasteiger partial charge in [0.1, 0.15) is 28.5 Å². The maximum absolute atomic E-state index is 14.0. The lowest BCUT2D eigenvalue weighted by Gasteiger charge is -2.43. The van der Waals surface area contributed by atoms with Crippen molar-refractivity contribution in [2.24, 2.45) is 11.0 Å². The zero-order valence-corrected chi connectivity index (χ0v) is 29.6. The van der Waals surface area contributed by atoms with Crippen LogP contribution in [0, 0.1) is 5.53 Å². The minimum atomic E-state index is -1.23. The molecular formula is C42H40N6O4. The highest BCUT2D eigenvalue weighted by molar-refractivity contribution is 6.02. The Morgan fingerprint density at radius 2 is 1.31 bits per heavy atom. The van der Waals surface area contributed by atoms with Gasteiger partial charge in [0.05, 0.1) is 0 Å². The number of ether oxygens (including phenoxy) is 2. The second-order valence-corrected chi connectivity index (χ2v) is 13.0. The van der Waals surface area contributed by atoms with Gasteiger partial charge in [-0.15, -0.1) is 5.11 Å². The molecule has 0 fully saturated rings. The molecule has 52 heavy (non-hydrogen) atoms. The Bertz CT molecular complexity index is 2420. The van der Waals surface area contributed by atoms with E-state index in [1.54, 1.807) is 12.1 Å². The SMILES string of the molecule is CCN(CC)c1ccc2c(c1)Oc1cc3c(cc1/C2=c1\cccc\c1=C(/O)N=N)C1(c2ccc(N(CC)CC)cc2O3)c2ccccc2C(=O)N1N. The number of carbonyl (C=O) groups excluding carboxylic acids is 1. The van der Waals surface area contributed by atoms with Gasteiger partial charge in [0.25, 0.3) is 5.91 Å². The van der Waals surface area contributed by atoms with E-state index in [-0.39, 0.29) is 5.91 Å². The van der Waals surface area contributed by atoms with Gasteiger partial charge in [-0.05, 0) is 69.3 Å². The molecule has 3 heterocycles. The van der Waals surface area contributed by atoms with Crippen molar-refractivity contribution >= 4 is 28.7 Å². The first kappa shape index (κ1) is 33.0. The Hall–Kier alpha value is -6.13. The molecule has 1 spiro atoms. The molecule has 1 unspecified atom stereocenters. The van der Waals surface area contributed by atoms with Crippen molar-refractivity contribution in [3.8, 4) is 23.0 Å². The molecule has 0 radical (unpaired) electrons. The summed E-state index contributed by atoms with van der Waals surface area (Å²) in [6, 6.07) is 31.0. The zero-order valence-electron chi connectivity index (χ0n) is 29.6. The predicted octanol–water partition coefficient (Wildman–Crippen LogP) is 7.11. The summed E-state index contributed by atoms with van der Waals surface area (Å²) in [6.45, 7) is 11.7. The molecule has 0 aliphatic carbocycles. The highest BCUT2D eigenvalue weighted by Gasteiger charge is 2.56. The molecule has 8 rings (SSSR count). The zero-order chi connectivity index (χ0) is 36.3. The normalized spacial score (nSPS) is 17.9. The van der Waals surface area contributed by atoms with Crippen molar-refractivity contribution in [1.29, 1.82) is 5.53 Å². The molecule has 10 heteroatoms. The lowest BCUT2D eigenvalue weighted by Crippen LogP contribution is -2.51. The van der Waals surface area contributed by atoms with E-state index in [9.17, 15) is 9.90 Å². The van der Waals surface area contributed by atoms with E-state index in [2.05, 4.69) is 54.7 Å². The fourth-order valence-electron chi connectivity index (χ4n) is 8.20. The number of rotatable bonds is 7. The van der Waals surface area contributed by atoms with Crippen molar-refractivity contribution in [3.05, 3.63) is 141 Å². The van der Waals surface area contributed by atoms with Crippen LogP contribution in [-0.2, 0) is 5.54 Å². The number of fused-ring (bicyclic) bond motifs is 8. The van der Waals surface area contributed by atoms with E-state index in [1.807, 2.05) is 72.8 Å². The highest BCUT2D eigenvalue weighted by atomic mass is 16.5. The number of nitrogens with one attached hydrogen (secondary N) is 1. The largest absolute Gasteiger partial charge is 0.492 e. The van der Waals surface area contributed by atoms with E-state index in [4.69, 9.17) is 20.8 Å². The second kappa shape index (κ2) is 12.6. The number of nitrogens with two attached hydrogens (primary N) is 1. The van der Waals surface area contributed by atoms with Gasteiger partial charge < -0.3 is 24.4 Å². The number of benzene rings is 5. The molecule has 5 aromatic rings. The van der Waals surface area contributed by atoms with Gasteiger partial charge in [0.15, 0.2) is 0 Å². The molecular weight excluding hydrogens is 652 g/mol. The monoisotopic (exact) mass is 692 g/mol. The van der Waals surface area contributed by atoms with Crippen LogP contribution in [0.25, 0.3) is 11.5 Å². The molecule has 1 amide bonds. The maximum Gasteiger partial charge on any atom is 0.269 e. The van der Waals surface area contributed by atoms with Crippen LogP contribution in [0.1, 0.15) is 65.9 Å². The molecule has 4 N–H and O–H groups in total. The summed E-state index contributed by atoms with van der Waals surface area (Å²) in [5.74, 6) is 8.56. The number of aliphatic hydroxyl groups is 1. The topological polar surface area (TPSA) is 128 Å². The highest BCUT2D eigenvalue weighted by Crippen LogP contribution is 2.59.